The fourth-order valence-electron chi connectivity index (χ4n) is 1.91. The standard InChI is InChI=1S/C12H15N3O4.C10H21NO2.C3H8/c1-13-12(18)19-7-9-2-4-10(5-3-9)15-11(17)6-14-8-16;1-7(2)8(3)11-9(12)13-10(4,5)6;1-3-2/h2-5,8H,6-7H2,1H3,(H,13,18)(H,14,16)(H,15,17);7-8H,1-6H3,(H,11,12);3H2,1-2H3. The van der Waals surface area contributed by atoms with E-state index in [-0.39, 0.29) is 31.2 Å². The van der Waals surface area contributed by atoms with Crippen LogP contribution in [0.25, 0.3) is 0 Å². The largest absolute Gasteiger partial charge is 0.445 e. The SMILES string of the molecule is CC(C)C(C)NC(=O)OC(C)(C)C.CCC.CNC(=O)OCc1ccc(NC(=O)CNC=O)cc1. The number of carbonyl (C=O) groups is 4. The smallest absolute Gasteiger partial charge is 0.407 e. The van der Waals surface area contributed by atoms with Crippen molar-refractivity contribution in [3.8, 4) is 0 Å². The Labute approximate surface area is 209 Å². The summed E-state index contributed by atoms with van der Waals surface area (Å²) in [6.07, 6.45) is 0.865. The molecular formula is C25H44N4O6. The van der Waals surface area contributed by atoms with E-state index in [1.54, 1.807) is 24.3 Å². The molecule has 200 valence electrons. The van der Waals surface area contributed by atoms with E-state index in [4.69, 9.17) is 9.47 Å². The van der Waals surface area contributed by atoms with Gasteiger partial charge in [-0.25, -0.2) is 9.59 Å². The number of hydrogen-bond acceptors (Lipinski definition) is 6. The molecule has 0 saturated carbocycles. The quantitative estimate of drug-likeness (QED) is 0.399. The van der Waals surface area contributed by atoms with E-state index in [0.717, 1.165) is 5.56 Å². The van der Waals surface area contributed by atoms with Crippen LogP contribution in [0.5, 0.6) is 0 Å². The van der Waals surface area contributed by atoms with Crippen molar-refractivity contribution in [1.29, 1.82) is 0 Å². The minimum atomic E-state index is -0.502. The monoisotopic (exact) mass is 496 g/mol. The minimum absolute atomic E-state index is 0.0783. The van der Waals surface area contributed by atoms with E-state index < -0.39 is 11.7 Å². The van der Waals surface area contributed by atoms with Crippen molar-refractivity contribution >= 4 is 30.2 Å². The summed E-state index contributed by atoms with van der Waals surface area (Å²) >= 11 is 0. The highest BCUT2D eigenvalue weighted by Gasteiger charge is 2.18. The average Bonchev–Trinajstić information content (AvgIpc) is 2.76. The zero-order chi connectivity index (χ0) is 27.4. The van der Waals surface area contributed by atoms with Crippen LogP contribution in [0.3, 0.4) is 0 Å². The van der Waals surface area contributed by atoms with Crippen LogP contribution in [0, 0.1) is 5.92 Å². The third-order valence-electron chi connectivity index (χ3n) is 3.90. The molecule has 0 aliphatic rings. The normalized spacial score (nSPS) is 10.8. The van der Waals surface area contributed by atoms with Crippen molar-refractivity contribution in [3.05, 3.63) is 29.8 Å². The topological polar surface area (TPSA) is 135 Å². The Morgan fingerprint density at radius 1 is 1.00 bits per heavy atom. The molecular weight excluding hydrogens is 452 g/mol. The molecule has 4 N–H and O–H groups in total. The van der Waals surface area contributed by atoms with Crippen LogP contribution in [0.4, 0.5) is 15.3 Å². The molecule has 0 heterocycles. The summed E-state index contributed by atoms with van der Waals surface area (Å²) in [5, 5.41) is 9.97. The molecule has 0 aliphatic heterocycles. The molecule has 0 saturated heterocycles. The Hall–Kier alpha value is -3.30. The van der Waals surface area contributed by atoms with Crippen molar-refractivity contribution in [2.24, 2.45) is 5.92 Å². The lowest BCUT2D eigenvalue weighted by Crippen LogP contribution is -2.39. The first-order chi connectivity index (χ1) is 16.3. The highest BCUT2D eigenvalue weighted by Crippen LogP contribution is 2.10. The predicted molar refractivity (Wildman–Crippen MR) is 138 cm³/mol. The first-order valence-corrected chi connectivity index (χ1v) is 11.7. The van der Waals surface area contributed by atoms with Gasteiger partial charge in [-0.3, -0.25) is 9.59 Å². The number of nitrogens with one attached hydrogen (secondary N) is 4. The van der Waals surface area contributed by atoms with Gasteiger partial charge in [0.05, 0.1) is 6.54 Å². The van der Waals surface area contributed by atoms with Gasteiger partial charge in [-0.1, -0.05) is 46.2 Å². The molecule has 1 aromatic rings. The highest BCUT2D eigenvalue weighted by atomic mass is 16.6. The maximum absolute atomic E-state index is 11.3. The van der Waals surface area contributed by atoms with E-state index in [9.17, 15) is 19.2 Å². The van der Waals surface area contributed by atoms with E-state index in [1.165, 1.54) is 13.5 Å². The van der Waals surface area contributed by atoms with Crippen molar-refractivity contribution in [3.63, 3.8) is 0 Å². The minimum Gasteiger partial charge on any atom is -0.445 e. The lowest BCUT2D eigenvalue weighted by atomic mass is 10.1. The first-order valence-electron chi connectivity index (χ1n) is 11.7. The lowest BCUT2D eigenvalue weighted by molar-refractivity contribution is -0.118. The number of carbonyl (C=O) groups excluding carboxylic acids is 4. The fraction of sp³-hybridized carbons (Fsp3) is 0.600. The van der Waals surface area contributed by atoms with Crippen molar-refractivity contribution in [2.45, 2.75) is 80.1 Å². The summed E-state index contributed by atoms with van der Waals surface area (Å²) in [6, 6.07) is 6.97. The van der Waals surface area contributed by atoms with Gasteiger partial charge in [0.2, 0.25) is 12.3 Å². The van der Waals surface area contributed by atoms with Gasteiger partial charge in [0.15, 0.2) is 0 Å². The van der Waals surface area contributed by atoms with Gasteiger partial charge in [-0.2, -0.15) is 0 Å². The van der Waals surface area contributed by atoms with Crippen molar-refractivity contribution in [2.75, 3.05) is 18.9 Å². The van der Waals surface area contributed by atoms with Crippen LogP contribution in [0.15, 0.2) is 24.3 Å². The third kappa shape index (κ3) is 21.0. The van der Waals surface area contributed by atoms with Gasteiger partial charge >= 0.3 is 12.2 Å². The molecule has 0 bridgehead atoms. The Morgan fingerprint density at radius 2 is 1.54 bits per heavy atom. The predicted octanol–water partition coefficient (Wildman–Crippen LogP) is 4.20. The molecule has 10 nitrogen and oxygen atoms in total. The zero-order valence-electron chi connectivity index (χ0n) is 22.6. The molecule has 0 fully saturated rings. The van der Waals surface area contributed by atoms with Crippen LogP contribution in [0.2, 0.25) is 0 Å². The van der Waals surface area contributed by atoms with Gasteiger partial charge in [-0.15, -0.1) is 0 Å². The fourth-order valence-corrected chi connectivity index (χ4v) is 1.91. The number of alkyl carbamates (subject to hydrolysis) is 2. The second kappa shape index (κ2) is 19.1. The number of ether oxygens (including phenoxy) is 2. The molecule has 0 aromatic heterocycles. The average molecular weight is 497 g/mol. The first kappa shape index (κ1) is 33.9. The maximum Gasteiger partial charge on any atom is 0.407 e. The Bertz CT molecular complexity index is 745. The van der Waals surface area contributed by atoms with Gasteiger partial charge in [0.1, 0.15) is 12.2 Å². The molecule has 1 rings (SSSR count). The number of anilines is 1. The van der Waals surface area contributed by atoms with Gasteiger partial charge in [0.25, 0.3) is 0 Å². The summed E-state index contributed by atoms with van der Waals surface area (Å²) in [5.74, 6) is 0.106. The molecule has 0 radical (unpaired) electrons. The Morgan fingerprint density at radius 3 is 1.97 bits per heavy atom. The van der Waals surface area contributed by atoms with Crippen LogP contribution < -0.4 is 21.3 Å². The van der Waals surface area contributed by atoms with Crippen molar-refractivity contribution < 1.29 is 28.7 Å². The van der Waals surface area contributed by atoms with Crippen LogP contribution in [0.1, 0.15) is 67.4 Å². The van der Waals surface area contributed by atoms with E-state index >= 15 is 0 Å². The summed E-state index contributed by atoms with van der Waals surface area (Å²) in [6.45, 7) is 16.0. The van der Waals surface area contributed by atoms with Gasteiger partial charge in [0, 0.05) is 18.8 Å². The molecule has 10 heteroatoms. The van der Waals surface area contributed by atoms with Crippen LogP contribution in [-0.4, -0.2) is 49.7 Å². The third-order valence-corrected chi connectivity index (χ3v) is 3.90. The molecule has 1 aromatic carbocycles. The highest BCUT2D eigenvalue weighted by molar-refractivity contribution is 5.93. The number of benzene rings is 1. The molecule has 0 spiro atoms. The second-order valence-electron chi connectivity index (χ2n) is 8.96. The Balaban J connectivity index is 0. The lowest BCUT2D eigenvalue weighted by Gasteiger charge is -2.23. The summed E-state index contributed by atoms with van der Waals surface area (Å²) in [4.78, 5) is 43.4. The van der Waals surface area contributed by atoms with E-state index in [2.05, 4.69) is 49.0 Å². The molecule has 4 amide bonds. The van der Waals surface area contributed by atoms with Gasteiger partial charge in [-0.05, 0) is 51.3 Å². The van der Waals surface area contributed by atoms with E-state index in [0.29, 0.717) is 18.0 Å². The molecule has 0 aliphatic carbocycles. The van der Waals surface area contributed by atoms with Crippen LogP contribution in [-0.2, 0) is 25.7 Å². The molecule has 35 heavy (non-hydrogen) atoms. The number of rotatable bonds is 8. The van der Waals surface area contributed by atoms with Crippen molar-refractivity contribution in [1.82, 2.24) is 16.0 Å². The Kier molecular flexibility index (Phi) is 18.4. The summed E-state index contributed by atoms with van der Waals surface area (Å²) in [5.41, 5.74) is 0.981. The summed E-state index contributed by atoms with van der Waals surface area (Å²) < 4.78 is 9.97. The van der Waals surface area contributed by atoms with Gasteiger partial charge < -0.3 is 30.7 Å². The maximum atomic E-state index is 11.3. The number of amides is 4. The number of hydrogen-bond donors (Lipinski definition) is 4. The van der Waals surface area contributed by atoms with E-state index in [1.807, 2.05) is 27.7 Å². The summed E-state index contributed by atoms with van der Waals surface area (Å²) in [7, 11) is 1.48. The molecule has 1 unspecified atom stereocenters. The second-order valence-corrected chi connectivity index (χ2v) is 8.96. The molecule has 1 atom stereocenters. The van der Waals surface area contributed by atoms with Crippen LogP contribution >= 0.6 is 0 Å². The zero-order valence-corrected chi connectivity index (χ0v) is 22.6.